The molecule has 0 atom stereocenters. The molecule has 0 radical (unpaired) electrons. The predicted molar refractivity (Wildman–Crippen MR) is 101 cm³/mol. The maximum atomic E-state index is 11.5. The van der Waals surface area contributed by atoms with Crippen LogP contribution in [0.25, 0.3) is 0 Å². The van der Waals surface area contributed by atoms with E-state index in [2.05, 4.69) is 0 Å². The minimum absolute atomic E-state index is 0.00385. The maximum Gasteiger partial charge on any atom is 0.513 e. The number of nitrogens with zero attached hydrogens (tertiary/aromatic N) is 2. The van der Waals surface area contributed by atoms with Crippen LogP contribution in [0.4, 0.5) is 21.0 Å². The second-order valence-electron chi connectivity index (χ2n) is 5.52. The van der Waals surface area contributed by atoms with Gasteiger partial charge in [0.05, 0.1) is 23.1 Å². The van der Waals surface area contributed by atoms with Crippen LogP contribution in [0.15, 0.2) is 48.5 Å². The van der Waals surface area contributed by atoms with Gasteiger partial charge >= 0.3 is 12.3 Å². The minimum atomic E-state index is -1.01. The molecule has 31 heavy (non-hydrogen) atoms. The number of non-ortho nitro benzene ring substituents is 2. The number of rotatable bonds is 10. The van der Waals surface area contributed by atoms with Crippen molar-refractivity contribution in [3.05, 3.63) is 68.8 Å². The van der Waals surface area contributed by atoms with E-state index in [0.29, 0.717) is 0 Å². The molecular formula is C18H16N2O11. The summed E-state index contributed by atoms with van der Waals surface area (Å²) < 4.78 is 24.3. The van der Waals surface area contributed by atoms with E-state index in [4.69, 9.17) is 23.7 Å². The molecule has 13 nitrogen and oxygen atoms in total. The maximum absolute atomic E-state index is 11.5. The first kappa shape index (κ1) is 23.0. The second kappa shape index (κ2) is 11.7. The summed E-state index contributed by atoms with van der Waals surface area (Å²) in [4.78, 5) is 42.9. The van der Waals surface area contributed by atoms with Gasteiger partial charge in [-0.05, 0) is 24.3 Å². The van der Waals surface area contributed by atoms with Crippen molar-refractivity contribution in [2.45, 2.75) is 0 Å². The molecule has 2 aromatic carbocycles. The van der Waals surface area contributed by atoms with Crippen molar-refractivity contribution in [3.63, 3.8) is 0 Å². The van der Waals surface area contributed by atoms with Gasteiger partial charge in [-0.25, -0.2) is 9.59 Å². The third-order valence-corrected chi connectivity index (χ3v) is 3.39. The lowest BCUT2D eigenvalue weighted by Gasteiger charge is -2.08. The normalized spacial score (nSPS) is 10.1. The lowest BCUT2D eigenvalue weighted by molar-refractivity contribution is -0.385. The minimum Gasteiger partial charge on any atom is -0.432 e. The zero-order chi connectivity index (χ0) is 22.6. The summed E-state index contributed by atoms with van der Waals surface area (Å²) in [5, 5.41) is 21.1. The van der Waals surface area contributed by atoms with Crippen molar-refractivity contribution in [3.8, 4) is 11.5 Å². The summed E-state index contributed by atoms with van der Waals surface area (Å²) in [6.07, 6.45) is -2.03. The SMILES string of the molecule is O=C(OCCOCCOC(=O)Oc1ccc([N+](=O)[O-])cc1)Oc1ccc([N+](=O)[O-])cc1. The van der Waals surface area contributed by atoms with Crippen molar-refractivity contribution < 1.29 is 43.1 Å². The van der Waals surface area contributed by atoms with Gasteiger partial charge in [-0.3, -0.25) is 20.2 Å². The Morgan fingerprint density at radius 1 is 0.645 bits per heavy atom. The van der Waals surface area contributed by atoms with Gasteiger partial charge in [0.1, 0.15) is 24.7 Å². The summed E-state index contributed by atoms with van der Waals surface area (Å²) in [6.45, 7) is -0.287. The van der Waals surface area contributed by atoms with Crippen LogP contribution in [-0.2, 0) is 14.2 Å². The highest BCUT2D eigenvalue weighted by Crippen LogP contribution is 2.18. The lowest BCUT2D eigenvalue weighted by Crippen LogP contribution is -2.17. The van der Waals surface area contributed by atoms with Gasteiger partial charge in [0.15, 0.2) is 0 Å². The Balaban J connectivity index is 1.53. The first-order chi connectivity index (χ1) is 14.8. The Labute approximate surface area is 174 Å². The van der Waals surface area contributed by atoms with E-state index in [1.807, 2.05) is 0 Å². The number of nitro benzene ring substituents is 2. The van der Waals surface area contributed by atoms with Crippen LogP contribution in [0.5, 0.6) is 11.5 Å². The molecule has 0 aliphatic carbocycles. The lowest BCUT2D eigenvalue weighted by atomic mass is 10.3. The highest BCUT2D eigenvalue weighted by Gasteiger charge is 2.10. The standard InChI is InChI=1S/C18H16N2O11/c21-17(30-15-5-1-13(2-6-15)19(23)24)28-11-9-27-10-12-29-18(22)31-16-7-3-14(4-8-16)20(25)26/h1-8H,9-12H2. The van der Waals surface area contributed by atoms with Gasteiger partial charge in [-0.15, -0.1) is 0 Å². The fourth-order valence-electron chi connectivity index (χ4n) is 1.99. The number of nitro groups is 2. The van der Waals surface area contributed by atoms with Gasteiger partial charge in [-0.2, -0.15) is 0 Å². The zero-order valence-corrected chi connectivity index (χ0v) is 15.8. The van der Waals surface area contributed by atoms with Gasteiger partial charge in [0, 0.05) is 24.3 Å². The molecule has 0 heterocycles. The molecule has 0 amide bonds. The summed E-state index contributed by atoms with van der Waals surface area (Å²) >= 11 is 0. The third-order valence-electron chi connectivity index (χ3n) is 3.39. The molecule has 0 saturated heterocycles. The molecule has 0 spiro atoms. The molecule has 164 valence electrons. The number of ether oxygens (including phenoxy) is 5. The van der Waals surface area contributed by atoms with Gasteiger partial charge in [-0.1, -0.05) is 0 Å². The van der Waals surface area contributed by atoms with E-state index in [-0.39, 0.29) is 49.3 Å². The zero-order valence-electron chi connectivity index (χ0n) is 15.8. The quantitative estimate of drug-likeness (QED) is 0.176. The average molecular weight is 436 g/mol. The fraction of sp³-hybridized carbons (Fsp3) is 0.222. The number of hydrogen-bond donors (Lipinski definition) is 0. The van der Waals surface area contributed by atoms with Gasteiger partial charge in [0.25, 0.3) is 11.4 Å². The monoisotopic (exact) mass is 436 g/mol. The Hall–Kier alpha value is -4.26. The van der Waals surface area contributed by atoms with E-state index in [1.54, 1.807) is 0 Å². The van der Waals surface area contributed by atoms with E-state index in [1.165, 1.54) is 48.5 Å². The molecule has 13 heteroatoms. The Kier molecular flexibility index (Phi) is 8.67. The first-order valence-corrected chi connectivity index (χ1v) is 8.61. The summed E-state index contributed by atoms with van der Waals surface area (Å²) in [7, 11) is 0. The summed E-state index contributed by atoms with van der Waals surface area (Å²) in [5.41, 5.74) is -0.291. The van der Waals surface area contributed by atoms with Crippen molar-refractivity contribution in [1.82, 2.24) is 0 Å². The molecule has 0 fully saturated rings. The first-order valence-electron chi connectivity index (χ1n) is 8.61. The van der Waals surface area contributed by atoms with Crippen molar-refractivity contribution in [1.29, 1.82) is 0 Å². The number of carbonyl (C=O) groups is 2. The van der Waals surface area contributed by atoms with Crippen LogP contribution >= 0.6 is 0 Å². The van der Waals surface area contributed by atoms with Crippen molar-refractivity contribution >= 4 is 23.7 Å². The molecule has 0 aliphatic heterocycles. The van der Waals surface area contributed by atoms with Crippen LogP contribution in [0.2, 0.25) is 0 Å². The van der Waals surface area contributed by atoms with E-state index < -0.39 is 22.2 Å². The largest absolute Gasteiger partial charge is 0.513 e. The molecule has 0 bridgehead atoms. The molecule has 0 saturated carbocycles. The van der Waals surface area contributed by atoms with Crippen LogP contribution in [-0.4, -0.2) is 48.6 Å². The molecule has 0 aliphatic rings. The summed E-state index contributed by atoms with van der Waals surface area (Å²) in [5.74, 6) is 0.160. The van der Waals surface area contributed by atoms with Crippen LogP contribution < -0.4 is 9.47 Å². The number of hydrogen-bond acceptors (Lipinski definition) is 11. The molecule has 0 aromatic heterocycles. The molecular weight excluding hydrogens is 420 g/mol. The van der Waals surface area contributed by atoms with Gasteiger partial charge in [0.2, 0.25) is 0 Å². The van der Waals surface area contributed by atoms with Crippen LogP contribution in [0.3, 0.4) is 0 Å². The van der Waals surface area contributed by atoms with Gasteiger partial charge < -0.3 is 23.7 Å². The number of benzene rings is 2. The highest BCUT2D eigenvalue weighted by atomic mass is 16.7. The predicted octanol–water partition coefficient (Wildman–Crippen LogP) is 3.25. The van der Waals surface area contributed by atoms with Crippen LogP contribution in [0, 0.1) is 20.2 Å². The van der Waals surface area contributed by atoms with Crippen molar-refractivity contribution in [2.75, 3.05) is 26.4 Å². The Morgan fingerprint density at radius 2 is 1.00 bits per heavy atom. The molecule has 0 N–H and O–H groups in total. The molecule has 2 aromatic rings. The molecule has 2 rings (SSSR count). The fourth-order valence-corrected chi connectivity index (χ4v) is 1.99. The second-order valence-corrected chi connectivity index (χ2v) is 5.52. The molecule has 0 unspecified atom stereocenters. The highest BCUT2D eigenvalue weighted by molar-refractivity contribution is 5.64. The average Bonchev–Trinajstić information content (AvgIpc) is 2.73. The Morgan fingerprint density at radius 3 is 1.32 bits per heavy atom. The van der Waals surface area contributed by atoms with E-state index in [9.17, 15) is 29.8 Å². The van der Waals surface area contributed by atoms with Crippen LogP contribution in [0.1, 0.15) is 0 Å². The van der Waals surface area contributed by atoms with E-state index in [0.717, 1.165) is 0 Å². The van der Waals surface area contributed by atoms with E-state index >= 15 is 0 Å². The number of carbonyl (C=O) groups excluding carboxylic acids is 2. The topological polar surface area (TPSA) is 167 Å². The Bertz CT molecular complexity index is 838. The van der Waals surface area contributed by atoms with Crippen molar-refractivity contribution in [2.24, 2.45) is 0 Å². The smallest absolute Gasteiger partial charge is 0.432 e. The third kappa shape index (κ3) is 8.33. The summed E-state index contributed by atoms with van der Waals surface area (Å²) in [6, 6.07) is 9.73.